The predicted octanol–water partition coefficient (Wildman–Crippen LogP) is 3.71. The quantitative estimate of drug-likeness (QED) is 0.833. The summed E-state index contributed by atoms with van der Waals surface area (Å²) in [7, 11) is 3.15. The first-order chi connectivity index (χ1) is 10.8. The van der Waals surface area contributed by atoms with Gasteiger partial charge in [0.25, 0.3) is 5.91 Å². The molecule has 0 radical (unpaired) electrons. The lowest BCUT2D eigenvalue weighted by Gasteiger charge is -2.17. The maximum absolute atomic E-state index is 13.7. The number of rotatable bonds is 5. The molecule has 4 nitrogen and oxygen atoms in total. The molecule has 0 bridgehead atoms. The van der Waals surface area contributed by atoms with Crippen molar-refractivity contribution in [1.82, 2.24) is 9.88 Å². The molecule has 0 N–H and O–H groups in total. The third kappa shape index (κ3) is 3.92. The minimum Gasteiger partial charge on any atom is -0.375 e. The van der Waals surface area contributed by atoms with E-state index in [-0.39, 0.29) is 24.1 Å². The van der Waals surface area contributed by atoms with Crippen molar-refractivity contribution in [2.45, 2.75) is 26.5 Å². The van der Waals surface area contributed by atoms with E-state index in [0.717, 1.165) is 11.1 Å². The van der Waals surface area contributed by atoms with Crippen LogP contribution in [0.2, 0.25) is 0 Å². The van der Waals surface area contributed by atoms with E-state index in [0.29, 0.717) is 10.6 Å². The minimum atomic E-state index is -0.667. The third-order valence-electron chi connectivity index (χ3n) is 3.48. The van der Waals surface area contributed by atoms with E-state index in [1.54, 1.807) is 21.1 Å². The molecule has 7 heteroatoms. The molecule has 2 aromatic rings. The molecular formula is C16H18F2N2O2S. The standard InChI is InChI=1S/C16H18F2N2O2S/c1-9-14(23-15(19-9)10(2)22-4)16(21)20(3)8-11-5-6-12(17)7-13(11)18/h5-7,10H,8H2,1-4H3/t10-/m0/s1. The Morgan fingerprint density at radius 3 is 2.74 bits per heavy atom. The molecule has 0 aliphatic rings. The number of amides is 1. The van der Waals surface area contributed by atoms with E-state index in [9.17, 15) is 13.6 Å². The van der Waals surface area contributed by atoms with Gasteiger partial charge in [0.1, 0.15) is 27.6 Å². The second-order valence-electron chi connectivity index (χ2n) is 5.24. The van der Waals surface area contributed by atoms with Crippen LogP contribution < -0.4 is 0 Å². The van der Waals surface area contributed by atoms with Crippen molar-refractivity contribution >= 4 is 17.2 Å². The number of carbonyl (C=O) groups is 1. The van der Waals surface area contributed by atoms with Gasteiger partial charge in [-0.3, -0.25) is 4.79 Å². The fourth-order valence-electron chi connectivity index (χ4n) is 2.04. The van der Waals surface area contributed by atoms with Crippen molar-refractivity contribution in [3.8, 4) is 0 Å². The Morgan fingerprint density at radius 2 is 2.13 bits per heavy atom. The van der Waals surface area contributed by atoms with Gasteiger partial charge in [-0.15, -0.1) is 11.3 Å². The largest absolute Gasteiger partial charge is 0.375 e. The number of nitrogens with zero attached hydrogens (tertiary/aromatic N) is 2. The van der Waals surface area contributed by atoms with Crippen LogP contribution in [0.4, 0.5) is 8.78 Å². The van der Waals surface area contributed by atoms with Crippen molar-refractivity contribution in [3.05, 3.63) is 51.0 Å². The maximum atomic E-state index is 13.7. The molecule has 0 aliphatic carbocycles. The van der Waals surface area contributed by atoms with Crippen molar-refractivity contribution in [2.75, 3.05) is 14.2 Å². The van der Waals surface area contributed by atoms with Crippen LogP contribution in [-0.4, -0.2) is 29.9 Å². The van der Waals surface area contributed by atoms with Gasteiger partial charge in [0.15, 0.2) is 0 Å². The zero-order chi connectivity index (χ0) is 17.1. The molecule has 0 spiro atoms. The summed E-state index contributed by atoms with van der Waals surface area (Å²) in [5.41, 5.74) is 0.875. The molecule has 2 rings (SSSR count). The van der Waals surface area contributed by atoms with Gasteiger partial charge in [-0.2, -0.15) is 0 Å². The normalized spacial score (nSPS) is 12.3. The monoisotopic (exact) mass is 340 g/mol. The smallest absolute Gasteiger partial charge is 0.265 e. The molecule has 0 unspecified atom stereocenters. The number of methoxy groups -OCH3 is 1. The van der Waals surface area contributed by atoms with Crippen LogP contribution in [-0.2, 0) is 11.3 Å². The number of aryl methyl sites for hydroxylation is 1. The van der Waals surface area contributed by atoms with Crippen LogP contribution >= 0.6 is 11.3 Å². The summed E-state index contributed by atoms with van der Waals surface area (Å²) in [6.07, 6.45) is -0.194. The lowest BCUT2D eigenvalue weighted by atomic mass is 10.2. The third-order valence-corrected chi connectivity index (χ3v) is 4.78. The SMILES string of the molecule is CO[C@@H](C)c1nc(C)c(C(=O)N(C)Cc2ccc(F)cc2F)s1. The maximum Gasteiger partial charge on any atom is 0.265 e. The fraction of sp³-hybridized carbons (Fsp3) is 0.375. The van der Waals surface area contributed by atoms with Gasteiger partial charge < -0.3 is 9.64 Å². The van der Waals surface area contributed by atoms with Crippen LogP contribution in [0.3, 0.4) is 0 Å². The van der Waals surface area contributed by atoms with E-state index in [1.165, 1.54) is 28.4 Å². The first-order valence-corrected chi connectivity index (χ1v) is 7.84. The summed E-state index contributed by atoms with van der Waals surface area (Å²) in [5, 5.41) is 0.717. The number of aromatic nitrogens is 1. The summed E-state index contributed by atoms with van der Waals surface area (Å²) in [6, 6.07) is 3.32. The highest BCUT2D eigenvalue weighted by molar-refractivity contribution is 7.13. The number of hydrogen-bond donors (Lipinski definition) is 0. The summed E-state index contributed by atoms with van der Waals surface area (Å²) >= 11 is 1.26. The van der Waals surface area contributed by atoms with Crippen LogP contribution in [0.1, 0.15) is 39.0 Å². The van der Waals surface area contributed by atoms with Crippen LogP contribution in [0, 0.1) is 18.6 Å². The highest BCUT2D eigenvalue weighted by Gasteiger charge is 2.22. The van der Waals surface area contributed by atoms with Crippen molar-refractivity contribution in [3.63, 3.8) is 0 Å². The molecule has 1 aromatic carbocycles. The predicted molar refractivity (Wildman–Crippen MR) is 84.4 cm³/mol. The Hall–Kier alpha value is -1.86. The summed E-state index contributed by atoms with van der Waals surface area (Å²) in [4.78, 5) is 18.8. The molecule has 1 aromatic heterocycles. The number of thiazole rings is 1. The molecule has 0 saturated heterocycles. The lowest BCUT2D eigenvalue weighted by molar-refractivity contribution is 0.0787. The van der Waals surface area contributed by atoms with Gasteiger partial charge >= 0.3 is 0 Å². The topological polar surface area (TPSA) is 42.4 Å². The summed E-state index contributed by atoms with van der Waals surface area (Å²) in [6.45, 7) is 3.66. The molecule has 0 saturated carbocycles. The van der Waals surface area contributed by atoms with Crippen molar-refractivity contribution < 1.29 is 18.3 Å². The van der Waals surface area contributed by atoms with Crippen molar-refractivity contribution in [2.24, 2.45) is 0 Å². The molecule has 124 valence electrons. The molecular weight excluding hydrogens is 322 g/mol. The first kappa shape index (κ1) is 17.5. The Morgan fingerprint density at radius 1 is 1.43 bits per heavy atom. The van der Waals surface area contributed by atoms with Gasteiger partial charge in [-0.25, -0.2) is 13.8 Å². The molecule has 23 heavy (non-hydrogen) atoms. The molecule has 1 amide bonds. The van der Waals surface area contributed by atoms with E-state index >= 15 is 0 Å². The Labute approximate surface area is 137 Å². The van der Waals surface area contributed by atoms with Gasteiger partial charge in [0.05, 0.1) is 5.69 Å². The van der Waals surface area contributed by atoms with Crippen molar-refractivity contribution in [1.29, 1.82) is 0 Å². The highest BCUT2D eigenvalue weighted by Crippen LogP contribution is 2.26. The number of benzene rings is 1. The average Bonchev–Trinajstić information content (AvgIpc) is 2.90. The Bertz CT molecular complexity index is 718. The number of ether oxygens (including phenoxy) is 1. The Balaban J connectivity index is 2.18. The van der Waals surface area contributed by atoms with E-state index in [1.807, 2.05) is 6.92 Å². The minimum absolute atomic E-state index is 0.0530. The van der Waals surface area contributed by atoms with Crippen LogP contribution in [0.15, 0.2) is 18.2 Å². The summed E-state index contributed by atoms with van der Waals surface area (Å²) in [5.74, 6) is -1.56. The second-order valence-corrected chi connectivity index (χ2v) is 6.27. The first-order valence-electron chi connectivity index (χ1n) is 7.03. The van der Waals surface area contributed by atoms with Crippen LogP contribution in [0.5, 0.6) is 0 Å². The second kappa shape index (κ2) is 7.14. The zero-order valence-electron chi connectivity index (χ0n) is 13.4. The van der Waals surface area contributed by atoms with Crippen LogP contribution in [0.25, 0.3) is 0 Å². The number of halogens is 2. The van der Waals surface area contributed by atoms with E-state index in [4.69, 9.17) is 4.74 Å². The number of carbonyl (C=O) groups excluding carboxylic acids is 1. The number of hydrogen-bond acceptors (Lipinski definition) is 4. The van der Waals surface area contributed by atoms with E-state index < -0.39 is 11.6 Å². The van der Waals surface area contributed by atoms with Gasteiger partial charge in [0, 0.05) is 32.3 Å². The molecule has 1 heterocycles. The summed E-state index contributed by atoms with van der Waals surface area (Å²) < 4.78 is 31.8. The molecule has 0 aliphatic heterocycles. The van der Waals surface area contributed by atoms with Gasteiger partial charge in [-0.1, -0.05) is 6.07 Å². The zero-order valence-corrected chi connectivity index (χ0v) is 14.2. The molecule has 0 fully saturated rings. The average molecular weight is 340 g/mol. The molecule has 1 atom stereocenters. The van der Waals surface area contributed by atoms with Gasteiger partial charge in [-0.05, 0) is 19.9 Å². The Kier molecular flexibility index (Phi) is 5.43. The van der Waals surface area contributed by atoms with E-state index in [2.05, 4.69) is 4.98 Å². The van der Waals surface area contributed by atoms with Gasteiger partial charge in [0.2, 0.25) is 0 Å². The fourth-order valence-corrected chi connectivity index (χ4v) is 3.13. The highest BCUT2D eigenvalue weighted by atomic mass is 32.1. The lowest BCUT2D eigenvalue weighted by Crippen LogP contribution is -2.26.